The maximum atomic E-state index is 13.4. The van der Waals surface area contributed by atoms with E-state index in [1.165, 1.54) is 25.9 Å². The summed E-state index contributed by atoms with van der Waals surface area (Å²) in [4.78, 5) is 34.1. The second kappa shape index (κ2) is 11.6. The normalized spacial score (nSPS) is 14.7. The first-order chi connectivity index (χ1) is 15.4. The molecule has 0 atom stereocenters. The van der Waals surface area contributed by atoms with Gasteiger partial charge in [0.1, 0.15) is 11.3 Å². The van der Waals surface area contributed by atoms with Gasteiger partial charge in [-0.05, 0) is 82.1 Å². The Morgan fingerprint density at radius 2 is 1.75 bits per heavy atom. The Kier molecular flexibility index (Phi) is 8.85. The van der Waals surface area contributed by atoms with E-state index in [1.807, 2.05) is 27.6 Å². The summed E-state index contributed by atoms with van der Waals surface area (Å²) in [5.74, 6) is 1.17. The first kappa shape index (κ1) is 24.4. The molecule has 2 aromatic heterocycles. The van der Waals surface area contributed by atoms with Crippen molar-refractivity contribution in [1.82, 2.24) is 19.2 Å². The van der Waals surface area contributed by atoms with Crippen LogP contribution in [0.1, 0.15) is 86.3 Å². The van der Waals surface area contributed by atoms with Crippen molar-refractivity contribution in [2.45, 2.75) is 66.2 Å². The van der Waals surface area contributed by atoms with Gasteiger partial charge in [0, 0.05) is 19.3 Å². The van der Waals surface area contributed by atoms with Crippen LogP contribution in [-0.4, -0.2) is 64.1 Å². The lowest BCUT2D eigenvalue weighted by Gasteiger charge is -2.24. The number of carbonyl (C=O) groups excluding carboxylic acids is 2. The minimum atomic E-state index is 0.0672. The molecular weight excluding hydrogens is 400 g/mol. The lowest BCUT2D eigenvalue weighted by molar-refractivity contribution is 0.0740. The maximum Gasteiger partial charge on any atom is 0.255 e. The van der Waals surface area contributed by atoms with Crippen LogP contribution in [0.15, 0.2) is 18.3 Å². The average Bonchev–Trinajstić information content (AvgIpc) is 3.40. The number of aromatic nitrogens is 2. The van der Waals surface area contributed by atoms with Crippen LogP contribution in [0, 0.1) is 11.8 Å². The molecule has 3 heterocycles. The van der Waals surface area contributed by atoms with Crippen LogP contribution in [0.25, 0.3) is 5.65 Å². The number of fused-ring (bicyclic) bond motifs is 1. The van der Waals surface area contributed by atoms with Crippen LogP contribution in [-0.2, 0) is 6.42 Å². The molecular formula is C26H40N4O2. The molecule has 2 aromatic rings. The topological polar surface area (TPSA) is 57.9 Å². The molecule has 1 aliphatic rings. The van der Waals surface area contributed by atoms with Crippen molar-refractivity contribution in [3.63, 3.8) is 0 Å². The third-order valence-corrected chi connectivity index (χ3v) is 6.43. The highest BCUT2D eigenvalue weighted by Crippen LogP contribution is 2.18. The van der Waals surface area contributed by atoms with Gasteiger partial charge in [0.15, 0.2) is 6.29 Å². The van der Waals surface area contributed by atoms with Gasteiger partial charge < -0.3 is 14.2 Å². The van der Waals surface area contributed by atoms with Gasteiger partial charge in [-0.25, -0.2) is 4.98 Å². The van der Waals surface area contributed by atoms with Crippen LogP contribution in [0.3, 0.4) is 0 Å². The number of nitrogens with zero attached hydrogens (tertiary/aromatic N) is 4. The molecule has 1 amide bonds. The van der Waals surface area contributed by atoms with Crippen LogP contribution in [0.2, 0.25) is 0 Å². The molecule has 6 nitrogen and oxygen atoms in total. The predicted octanol–water partition coefficient (Wildman–Crippen LogP) is 4.71. The summed E-state index contributed by atoms with van der Waals surface area (Å²) in [5.41, 5.74) is 2.81. The number of hydrogen-bond donors (Lipinski definition) is 0. The van der Waals surface area contributed by atoms with E-state index in [0.717, 1.165) is 62.9 Å². The quantitative estimate of drug-likeness (QED) is 0.449. The molecule has 1 saturated heterocycles. The minimum absolute atomic E-state index is 0.0672. The van der Waals surface area contributed by atoms with Gasteiger partial charge in [0.25, 0.3) is 5.91 Å². The van der Waals surface area contributed by atoms with Crippen LogP contribution in [0.4, 0.5) is 0 Å². The van der Waals surface area contributed by atoms with Crippen molar-refractivity contribution in [3.8, 4) is 0 Å². The van der Waals surface area contributed by atoms with Crippen molar-refractivity contribution in [2.75, 3.05) is 32.7 Å². The average molecular weight is 441 g/mol. The Morgan fingerprint density at radius 3 is 2.34 bits per heavy atom. The van der Waals surface area contributed by atoms with Gasteiger partial charge in [-0.15, -0.1) is 0 Å². The fourth-order valence-electron chi connectivity index (χ4n) is 4.38. The molecule has 1 aliphatic heterocycles. The van der Waals surface area contributed by atoms with Gasteiger partial charge in [-0.3, -0.25) is 9.59 Å². The highest BCUT2D eigenvalue weighted by Gasteiger charge is 2.19. The Hall–Kier alpha value is -2.21. The van der Waals surface area contributed by atoms with Gasteiger partial charge >= 0.3 is 0 Å². The van der Waals surface area contributed by atoms with Gasteiger partial charge in [0.2, 0.25) is 0 Å². The third kappa shape index (κ3) is 6.41. The second-order valence-electron chi connectivity index (χ2n) is 10.0. The van der Waals surface area contributed by atoms with Crippen molar-refractivity contribution in [1.29, 1.82) is 0 Å². The molecule has 32 heavy (non-hydrogen) atoms. The monoisotopic (exact) mass is 440 g/mol. The summed E-state index contributed by atoms with van der Waals surface area (Å²) in [5, 5.41) is 0. The van der Waals surface area contributed by atoms with Crippen molar-refractivity contribution in [3.05, 3.63) is 35.3 Å². The van der Waals surface area contributed by atoms with E-state index in [0.29, 0.717) is 23.1 Å². The molecule has 0 saturated carbocycles. The van der Waals surface area contributed by atoms with E-state index in [9.17, 15) is 9.59 Å². The van der Waals surface area contributed by atoms with Crippen molar-refractivity contribution in [2.24, 2.45) is 11.8 Å². The molecule has 0 N–H and O–H groups in total. The summed E-state index contributed by atoms with van der Waals surface area (Å²) in [6, 6.07) is 3.72. The van der Waals surface area contributed by atoms with Crippen LogP contribution in [0.5, 0.6) is 0 Å². The Labute approximate surface area is 193 Å². The standard InChI is InChI=1S/C26H40N4O2/c1-20(2)11-16-29(17-12-21(3)4)26(32)22-9-10-25-27-23(19-31)24(30(25)18-22)8-7-15-28-13-5-6-14-28/h9-10,18-21H,5-8,11-17H2,1-4H3. The number of aryl methyl sites for hydroxylation is 1. The van der Waals surface area contributed by atoms with Gasteiger partial charge in [-0.2, -0.15) is 0 Å². The molecule has 0 unspecified atom stereocenters. The van der Waals surface area contributed by atoms with Gasteiger partial charge in [0.05, 0.1) is 11.3 Å². The van der Waals surface area contributed by atoms with Gasteiger partial charge in [-0.1, -0.05) is 27.7 Å². The van der Waals surface area contributed by atoms with E-state index in [4.69, 9.17) is 0 Å². The number of carbonyl (C=O) groups is 2. The lowest BCUT2D eigenvalue weighted by atomic mass is 10.1. The number of imidazole rings is 1. The minimum Gasteiger partial charge on any atom is -0.339 e. The zero-order valence-corrected chi connectivity index (χ0v) is 20.3. The Bertz CT molecular complexity index is 885. The number of hydrogen-bond acceptors (Lipinski definition) is 4. The highest BCUT2D eigenvalue weighted by molar-refractivity contribution is 5.94. The Morgan fingerprint density at radius 1 is 1.09 bits per heavy atom. The second-order valence-corrected chi connectivity index (χ2v) is 10.0. The van der Waals surface area contributed by atoms with Crippen molar-refractivity contribution >= 4 is 17.8 Å². The molecule has 0 aliphatic carbocycles. The number of rotatable bonds is 12. The van der Waals surface area contributed by atoms with Crippen molar-refractivity contribution < 1.29 is 9.59 Å². The highest BCUT2D eigenvalue weighted by atomic mass is 16.2. The number of likely N-dealkylation sites (tertiary alicyclic amines) is 1. The first-order valence-electron chi connectivity index (χ1n) is 12.4. The van der Waals surface area contributed by atoms with Crippen LogP contribution < -0.4 is 0 Å². The van der Waals surface area contributed by atoms with E-state index >= 15 is 0 Å². The third-order valence-electron chi connectivity index (χ3n) is 6.43. The molecule has 0 bridgehead atoms. The smallest absolute Gasteiger partial charge is 0.255 e. The number of amides is 1. The molecule has 1 fully saturated rings. The molecule has 0 radical (unpaired) electrons. The molecule has 3 rings (SSSR count). The molecule has 0 aromatic carbocycles. The fraction of sp³-hybridized carbons (Fsp3) is 0.654. The summed E-state index contributed by atoms with van der Waals surface area (Å²) in [7, 11) is 0. The Balaban J connectivity index is 1.80. The zero-order chi connectivity index (χ0) is 23.1. The predicted molar refractivity (Wildman–Crippen MR) is 129 cm³/mol. The van der Waals surface area contributed by atoms with Crippen LogP contribution >= 0.6 is 0 Å². The number of pyridine rings is 1. The summed E-state index contributed by atoms with van der Waals surface area (Å²) in [6.07, 6.45) is 9.06. The first-order valence-corrected chi connectivity index (χ1v) is 12.4. The van der Waals surface area contributed by atoms with E-state index in [1.54, 1.807) is 0 Å². The molecule has 176 valence electrons. The lowest BCUT2D eigenvalue weighted by Crippen LogP contribution is -2.34. The molecule has 0 spiro atoms. The SMILES string of the molecule is CC(C)CCN(CCC(C)C)C(=O)c1ccc2nc(C=O)c(CCCN3CCCC3)n2c1. The number of aldehydes is 1. The summed E-state index contributed by atoms with van der Waals surface area (Å²) in [6.45, 7) is 13.7. The van der Waals surface area contributed by atoms with E-state index in [2.05, 4.69) is 37.6 Å². The van der Waals surface area contributed by atoms with E-state index < -0.39 is 0 Å². The summed E-state index contributed by atoms with van der Waals surface area (Å²) >= 11 is 0. The maximum absolute atomic E-state index is 13.4. The molecule has 6 heteroatoms. The van der Waals surface area contributed by atoms with E-state index in [-0.39, 0.29) is 5.91 Å². The summed E-state index contributed by atoms with van der Waals surface area (Å²) < 4.78 is 1.96. The fourth-order valence-corrected chi connectivity index (χ4v) is 4.38. The largest absolute Gasteiger partial charge is 0.339 e. The zero-order valence-electron chi connectivity index (χ0n) is 20.3.